The molecule has 2 fully saturated rings. The van der Waals surface area contributed by atoms with Crippen LogP contribution in [0.5, 0.6) is 0 Å². The van der Waals surface area contributed by atoms with Crippen molar-refractivity contribution in [2.24, 2.45) is 0 Å². The summed E-state index contributed by atoms with van der Waals surface area (Å²) in [7, 11) is 4.01. The lowest BCUT2D eigenvalue weighted by molar-refractivity contribution is -0.139. The number of ketones is 2. The van der Waals surface area contributed by atoms with Gasteiger partial charge in [0.2, 0.25) is 0 Å². The van der Waals surface area contributed by atoms with Gasteiger partial charge in [-0.05, 0) is 122 Å². The third-order valence-electron chi connectivity index (χ3n) is 14.0. The number of Topliss-reactive ketones (excluding diaryl/α,β-unsaturated/α-hetero) is 2. The molecule has 8 aromatic rings. The summed E-state index contributed by atoms with van der Waals surface area (Å²) in [5.74, 6) is 11.7. The minimum absolute atomic E-state index is 0. The van der Waals surface area contributed by atoms with Crippen LogP contribution < -0.4 is 0 Å². The van der Waals surface area contributed by atoms with E-state index in [-0.39, 0.29) is 73.4 Å². The second-order valence-electron chi connectivity index (χ2n) is 19.8. The number of alkyl halides is 6. The highest BCUT2D eigenvalue weighted by molar-refractivity contribution is 5.98. The molecular weight excluding hydrogens is 1080 g/mol. The quantitative estimate of drug-likeness (QED) is 0.0747. The number of fused-ring (bicyclic) bond motifs is 2. The first-order valence-corrected chi connectivity index (χ1v) is 25.4. The lowest BCUT2D eigenvalue weighted by Crippen LogP contribution is -2.44. The van der Waals surface area contributed by atoms with Crippen molar-refractivity contribution in [3.05, 3.63) is 200 Å². The Kier molecular flexibility index (Phi) is 19.8. The average Bonchev–Trinajstić information content (AvgIpc) is 4.04. The van der Waals surface area contributed by atoms with E-state index in [4.69, 9.17) is 0 Å². The fourth-order valence-electron chi connectivity index (χ4n) is 9.29. The van der Waals surface area contributed by atoms with Crippen molar-refractivity contribution in [1.29, 1.82) is 0 Å². The van der Waals surface area contributed by atoms with E-state index in [1.54, 1.807) is 94.5 Å². The Morgan fingerprint density at radius 1 is 0.512 bits per heavy atom. The van der Waals surface area contributed by atoms with E-state index in [0.29, 0.717) is 56.1 Å². The molecule has 0 radical (unpaired) electrons. The lowest BCUT2D eigenvalue weighted by atomic mass is 9.96. The van der Waals surface area contributed by atoms with E-state index < -0.39 is 23.5 Å². The third kappa shape index (κ3) is 15.1. The van der Waals surface area contributed by atoms with Crippen molar-refractivity contribution >= 4 is 47.7 Å². The summed E-state index contributed by atoms with van der Waals surface area (Å²) in [6.07, 6.45) is -2.71. The Bertz CT molecular complexity index is 3400. The Labute approximate surface area is 472 Å². The van der Waals surface area contributed by atoms with Crippen LogP contribution >= 0.6 is 24.8 Å². The Balaban J connectivity index is 0.000000225. The smallest absolute Gasteiger partial charge is 0.304 e. The Hall–Kier alpha value is -7.42. The molecule has 0 saturated carbocycles. The normalized spacial score (nSPS) is 14.4. The number of likely N-dealkylation sites (N-methyl/N-ethyl adjacent to an activating group) is 2. The number of benzene rings is 4. The van der Waals surface area contributed by atoms with Gasteiger partial charge in [0.1, 0.15) is 11.4 Å². The maximum Gasteiger partial charge on any atom is 0.416 e. The van der Waals surface area contributed by atoms with Gasteiger partial charge >= 0.3 is 12.4 Å². The number of carbonyl (C=O) groups is 2. The molecule has 0 bridgehead atoms. The zero-order valence-electron chi connectivity index (χ0n) is 44.4. The van der Waals surface area contributed by atoms with Gasteiger partial charge in [-0.15, -0.1) is 24.8 Å². The minimum atomic E-state index is -4.50. The highest BCUT2D eigenvalue weighted by Gasteiger charge is 2.36. The third-order valence-corrected chi connectivity index (χ3v) is 14.0. The Morgan fingerprint density at radius 2 is 0.900 bits per heavy atom. The van der Waals surface area contributed by atoms with Gasteiger partial charge in [-0.1, -0.05) is 60.4 Å². The van der Waals surface area contributed by atoms with Crippen LogP contribution in [0, 0.1) is 37.5 Å². The monoisotopic (exact) mass is 1130 g/mol. The van der Waals surface area contributed by atoms with E-state index in [9.17, 15) is 35.9 Å². The van der Waals surface area contributed by atoms with E-state index in [0.717, 1.165) is 75.6 Å². The van der Waals surface area contributed by atoms with Crippen LogP contribution in [0.1, 0.15) is 87.7 Å². The van der Waals surface area contributed by atoms with Gasteiger partial charge in [-0.2, -0.15) is 36.5 Å². The second kappa shape index (κ2) is 26.2. The van der Waals surface area contributed by atoms with Crippen LogP contribution in [0.3, 0.4) is 0 Å². The van der Waals surface area contributed by atoms with Crippen LogP contribution in [0.15, 0.2) is 122 Å². The largest absolute Gasteiger partial charge is 0.416 e. The van der Waals surface area contributed by atoms with Crippen molar-refractivity contribution in [2.45, 2.75) is 52.1 Å². The number of hydrogen-bond acceptors (Lipinski definition) is 10. The van der Waals surface area contributed by atoms with Crippen molar-refractivity contribution in [3.8, 4) is 23.7 Å². The van der Waals surface area contributed by atoms with E-state index in [2.05, 4.69) is 53.6 Å². The number of imidazole rings is 2. The summed E-state index contributed by atoms with van der Waals surface area (Å²) >= 11 is 0. The summed E-state index contributed by atoms with van der Waals surface area (Å²) in [5.41, 5.74) is 6.23. The number of rotatable bonds is 10. The molecule has 0 N–H and O–H groups in total. The molecule has 2 saturated heterocycles. The number of nitrogens with zero attached hydrogens (tertiary/aromatic N) is 10. The number of piperazine rings is 2. The van der Waals surface area contributed by atoms with Gasteiger partial charge in [0.05, 0.1) is 23.5 Å². The first kappa shape index (κ1) is 60.2. The number of aryl methyl sites for hydroxylation is 2. The average molecular weight is 1140 g/mol. The fraction of sp³-hybridized carbons (Fsp3) is 0.300. The van der Waals surface area contributed by atoms with Crippen LogP contribution in [0.4, 0.5) is 26.3 Å². The molecule has 4 aromatic carbocycles. The number of halogens is 8. The van der Waals surface area contributed by atoms with Crippen LogP contribution in [-0.4, -0.2) is 127 Å². The molecule has 0 unspecified atom stereocenters. The molecule has 6 heterocycles. The van der Waals surface area contributed by atoms with Crippen molar-refractivity contribution in [3.63, 3.8) is 0 Å². The second-order valence-corrected chi connectivity index (χ2v) is 19.8. The molecule has 0 atom stereocenters. The number of carbonyl (C=O) groups excluding carboxylic acids is 2. The van der Waals surface area contributed by atoms with Gasteiger partial charge in [0.15, 0.2) is 22.9 Å². The van der Waals surface area contributed by atoms with Crippen molar-refractivity contribution in [2.75, 3.05) is 66.5 Å². The van der Waals surface area contributed by atoms with E-state index in [1.165, 1.54) is 12.1 Å². The highest BCUT2D eigenvalue weighted by atomic mass is 35.5. The van der Waals surface area contributed by atoms with Gasteiger partial charge < -0.3 is 9.80 Å². The molecule has 0 spiro atoms. The van der Waals surface area contributed by atoms with Crippen molar-refractivity contribution in [1.82, 2.24) is 48.8 Å². The summed E-state index contributed by atoms with van der Waals surface area (Å²) in [6, 6.07) is 26.1. The number of aromatic nitrogens is 6. The molecule has 0 aliphatic carbocycles. The van der Waals surface area contributed by atoms with Gasteiger partial charge in [0.25, 0.3) is 0 Å². The van der Waals surface area contributed by atoms with Crippen LogP contribution in [-0.2, 0) is 38.3 Å². The van der Waals surface area contributed by atoms with Gasteiger partial charge in [0, 0.05) is 113 Å². The highest BCUT2D eigenvalue weighted by Crippen LogP contribution is 2.35. The van der Waals surface area contributed by atoms with E-state index in [1.807, 2.05) is 49.9 Å². The Morgan fingerprint density at radius 3 is 1.27 bits per heavy atom. The summed E-state index contributed by atoms with van der Waals surface area (Å²) < 4.78 is 87.0. The molecule has 10 rings (SSSR count). The van der Waals surface area contributed by atoms with Gasteiger partial charge in [-0.25, -0.2) is 19.0 Å². The first-order valence-electron chi connectivity index (χ1n) is 25.4. The molecule has 0 amide bonds. The molecule has 12 nitrogen and oxygen atoms in total. The maximum absolute atomic E-state index is 14.0. The molecule has 2 aliphatic heterocycles. The zero-order chi connectivity index (χ0) is 55.1. The molecule has 20 heteroatoms. The van der Waals surface area contributed by atoms with Gasteiger partial charge in [-0.3, -0.25) is 19.4 Å². The summed E-state index contributed by atoms with van der Waals surface area (Å²) in [6.45, 7) is 10.4. The first-order chi connectivity index (χ1) is 37.3. The minimum Gasteiger partial charge on any atom is -0.304 e. The van der Waals surface area contributed by atoms with Crippen molar-refractivity contribution < 1.29 is 35.9 Å². The summed E-state index contributed by atoms with van der Waals surface area (Å²) in [5, 5.41) is 8.49. The molecule has 2 aliphatic rings. The number of hydrogen-bond donors (Lipinski definition) is 0. The SMILES string of the molecule is Cc1ccc(C(=O)Cc2ccc(CN3CCN(C)CC3)c(C(F)(F)F)c2)cc1C#Cc1cnc2cccnn12.Cc1ccc(C(=O)Cc2ccc(CN3CCN(C)CC3)c(C(F)(F)F)c2)cc1C#Cc1cnc2cccnn12.Cl.Cl. The standard InChI is InChI=1S/2C30H28F3N5O.2ClH/c2*1-21-5-7-24(18-23(21)9-10-26-19-34-29-4-3-11-35-38(26)29)28(39)17-22-6-8-25(27(16-22)30(31,32)33)20-37-14-12-36(2)13-15-37;;/h2*3-8,11,16,18-19H,12-15,17,20H2,1-2H3;2*1H. The molecular formula is C60H58Cl2F6N10O2. The van der Waals surface area contributed by atoms with Crippen LogP contribution in [0.25, 0.3) is 11.3 Å². The van der Waals surface area contributed by atoms with Crippen LogP contribution in [0.2, 0.25) is 0 Å². The molecule has 80 heavy (non-hydrogen) atoms. The topological polar surface area (TPSA) is 107 Å². The predicted molar refractivity (Wildman–Crippen MR) is 299 cm³/mol. The van der Waals surface area contributed by atoms with E-state index >= 15 is 0 Å². The summed E-state index contributed by atoms with van der Waals surface area (Å²) in [4.78, 5) is 43.2. The zero-order valence-corrected chi connectivity index (χ0v) is 46.0. The fourth-order valence-corrected chi connectivity index (χ4v) is 9.29. The molecule has 4 aromatic heterocycles. The molecule has 416 valence electrons. The maximum atomic E-state index is 14.0. The lowest BCUT2D eigenvalue weighted by Gasteiger charge is -2.33. The predicted octanol–water partition coefficient (Wildman–Crippen LogP) is 10.1.